The van der Waals surface area contributed by atoms with Crippen LogP contribution in [0.1, 0.15) is 290 Å². The lowest BCUT2D eigenvalue weighted by atomic mass is 9.88. The van der Waals surface area contributed by atoms with E-state index < -0.39 is 148 Å². The average molecular weight is 1390 g/mol. The zero-order valence-electron chi connectivity index (χ0n) is 59.7. The second-order valence-electron chi connectivity index (χ2n) is 27.9. The van der Waals surface area contributed by atoms with Crippen LogP contribution in [0.15, 0.2) is 24.3 Å². The molecule has 0 radical (unpaired) electrons. The first-order chi connectivity index (χ1) is 46.9. The molecule has 0 aromatic rings. The molecule has 0 bridgehead atoms. The lowest BCUT2D eigenvalue weighted by Gasteiger charge is -2.50. The van der Waals surface area contributed by atoms with Gasteiger partial charge in [0.1, 0.15) is 67.1 Å². The van der Waals surface area contributed by atoms with Gasteiger partial charge in [0, 0.05) is 19.8 Å². The molecule has 0 saturated carbocycles. The van der Waals surface area contributed by atoms with Gasteiger partial charge in [-0.3, -0.25) is 9.59 Å². The van der Waals surface area contributed by atoms with Gasteiger partial charge in [-0.05, 0) is 44.9 Å². The quantitative estimate of drug-likeness (QED) is 0.0200. The fourth-order valence-corrected chi connectivity index (χ4v) is 13.3. The number of carbonyl (C=O) groups excluding carboxylic acids is 2. The van der Waals surface area contributed by atoms with Gasteiger partial charge in [0.25, 0.3) is 5.79 Å². The summed E-state index contributed by atoms with van der Waals surface area (Å²) in [7, 11) is 0. The summed E-state index contributed by atoms with van der Waals surface area (Å²) < 4.78 is 34.9. The molecule has 14 N–H and O–H groups in total. The number of hydrogen-bond acceptors (Lipinski definition) is 20. The second-order valence-corrected chi connectivity index (χ2v) is 27.9. The van der Waals surface area contributed by atoms with E-state index in [1.807, 2.05) is 0 Å². The van der Waals surface area contributed by atoms with Crippen LogP contribution in [0, 0.1) is 0 Å². The van der Waals surface area contributed by atoms with Gasteiger partial charge in [-0.25, -0.2) is 4.79 Å². The Hall–Kier alpha value is -2.79. The van der Waals surface area contributed by atoms with Gasteiger partial charge in [0.15, 0.2) is 12.6 Å². The number of aliphatic hydroxyl groups excluding tert-OH is 11. The Morgan fingerprint density at radius 1 is 0.536 bits per heavy atom. The van der Waals surface area contributed by atoms with Crippen molar-refractivity contribution in [2.45, 2.75) is 400 Å². The predicted molar refractivity (Wildman–Crippen MR) is 371 cm³/mol. The standard InChI is InChI=1S/C74H136N2O21/c1-4-6-8-10-12-14-16-18-20-22-24-26-27-28-30-32-34-36-38-40-42-44-46-48-61(84)76-55(56(81)47-45-43-41-39-37-35-33-31-29-25-23-21-19-17-15-13-11-9-7-5-2)53-92-71-66(88)65(87)68(60(52-79)94-71)95-72-67(89)70(64(86)59(51-78)93-72)97-74(73(90)91)49-57(82)62(75-54(3)80)69(96-74)63(85)58(83)50-77/h24,26,28,30,55-60,62-72,77-79,81-83,85-89H,4-23,25,27,29,31-53H2,1-3H3,(H,75,80)(H,76,84)(H,90,91)/b26-24-,30-28-. The van der Waals surface area contributed by atoms with E-state index in [0.717, 1.165) is 90.4 Å². The van der Waals surface area contributed by atoms with Gasteiger partial charge in [-0.1, -0.05) is 250 Å². The van der Waals surface area contributed by atoms with E-state index in [4.69, 9.17) is 28.4 Å². The van der Waals surface area contributed by atoms with Crippen LogP contribution < -0.4 is 10.6 Å². The van der Waals surface area contributed by atoms with Crippen LogP contribution >= 0.6 is 0 Å². The summed E-state index contributed by atoms with van der Waals surface area (Å²) in [5.41, 5.74) is 0. The Morgan fingerprint density at radius 2 is 0.990 bits per heavy atom. The number of amides is 2. The minimum absolute atomic E-state index is 0.215. The normalized spacial score (nSPS) is 27.5. The van der Waals surface area contributed by atoms with E-state index in [-0.39, 0.29) is 18.9 Å². The minimum atomic E-state index is -3.08. The van der Waals surface area contributed by atoms with E-state index >= 15 is 0 Å². The van der Waals surface area contributed by atoms with Crippen LogP contribution in [0.5, 0.6) is 0 Å². The zero-order valence-corrected chi connectivity index (χ0v) is 59.7. The lowest BCUT2D eigenvalue weighted by molar-refractivity contribution is -0.386. The Kier molecular flexibility index (Phi) is 49.2. The number of allylic oxidation sites excluding steroid dienone is 4. The number of aliphatic hydroxyl groups is 11. The van der Waals surface area contributed by atoms with E-state index in [2.05, 4.69) is 48.8 Å². The maximum atomic E-state index is 13.5. The molecule has 3 fully saturated rings. The molecule has 18 atom stereocenters. The zero-order chi connectivity index (χ0) is 71.1. The van der Waals surface area contributed by atoms with Crippen LogP contribution in [0.4, 0.5) is 0 Å². The molecule has 3 aliphatic rings. The van der Waals surface area contributed by atoms with Gasteiger partial charge in [0.05, 0.1) is 50.7 Å². The van der Waals surface area contributed by atoms with Crippen molar-refractivity contribution in [2.24, 2.45) is 0 Å². The number of rotatable bonds is 59. The first kappa shape index (κ1) is 88.4. The molecule has 0 aliphatic carbocycles. The van der Waals surface area contributed by atoms with Crippen molar-refractivity contribution in [1.29, 1.82) is 0 Å². The SMILES string of the molecule is CCCCCCCCCCC/C=C\C/C=C\CCCCCCCCCC(=O)NC(COC1OC(CO)C(OC2OC(CO)C(O)C(OC3(C(=O)O)CC(O)C(NC(C)=O)C(C(O)C(O)CO)O3)C2O)C(O)C1O)C(O)CCCCCCCCCCCCCCCCCCCCCC. The highest BCUT2D eigenvalue weighted by atomic mass is 16.8. The fourth-order valence-electron chi connectivity index (χ4n) is 13.3. The third kappa shape index (κ3) is 35.3. The highest BCUT2D eigenvalue weighted by molar-refractivity contribution is 5.77. The molecule has 3 aliphatic heterocycles. The summed E-state index contributed by atoms with van der Waals surface area (Å²) in [6, 6.07) is -2.54. The maximum Gasteiger partial charge on any atom is 0.364 e. The molecule has 18 unspecified atom stereocenters. The number of unbranched alkanes of at least 4 members (excludes halogenated alkanes) is 35. The van der Waals surface area contributed by atoms with Crippen molar-refractivity contribution in [3.8, 4) is 0 Å². The summed E-state index contributed by atoms with van der Waals surface area (Å²) >= 11 is 0. The summed E-state index contributed by atoms with van der Waals surface area (Å²) in [4.78, 5) is 38.7. The van der Waals surface area contributed by atoms with Crippen molar-refractivity contribution in [2.75, 3.05) is 26.4 Å². The molecular formula is C74H136N2O21. The number of carbonyl (C=O) groups is 3. The third-order valence-electron chi connectivity index (χ3n) is 19.4. The first-order valence-corrected chi connectivity index (χ1v) is 38.2. The molecule has 0 spiro atoms. The maximum absolute atomic E-state index is 13.5. The van der Waals surface area contributed by atoms with E-state index in [1.165, 1.54) is 154 Å². The second kappa shape index (κ2) is 53.9. The van der Waals surface area contributed by atoms with E-state index in [1.54, 1.807) is 0 Å². The number of hydrogen-bond donors (Lipinski definition) is 14. The molecule has 0 aromatic heterocycles. The molecule has 0 aromatic carbocycles. The highest BCUT2D eigenvalue weighted by Gasteiger charge is 2.60. The van der Waals surface area contributed by atoms with Gasteiger partial charge < -0.3 is 100 Å². The molecule has 3 heterocycles. The molecule has 97 heavy (non-hydrogen) atoms. The van der Waals surface area contributed by atoms with Crippen molar-refractivity contribution >= 4 is 17.8 Å². The molecule has 568 valence electrons. The summed E-state index contributed by atoms with van der Waals surface area (Å²) in [5, 5.41) is 136. The summed E-state index contributed by atoms with van der Waals surface area (Å²) in [6.07, 6.45) is 27.4. The van der Waals surface area contributed by atoms with Crippen LogP contribution in [0.3, 0.4) is 0 Å². The number of aliphatic carboxylic acids is 1. The Labute approximate surface area is 581 Å². The van der Waals surface area contributed by atoms with Gasteiger partial charge in [-0.2, -0.15) is 0 Å². The van der Waals surface area contributed by atoms with Gasteiger partial charge in [0.2, 0.25) is 11.8 Å². The van der Waals surface area contributed by atoms with Crippen molar-refractivity contribution in [3.63, 3.8) is 0 Å². The topological polar surface area (TPSA) is 373 Å². The molecular weight excluding hydrogens is 1250 g/mol. The van der Waals surface area contributed by atoms with Gasteiger partial charge >= 0.3 is 5.97 Å². The Balaban J connectivity index is 1.55. The number of carboxylic acids is 1. The van der Waals surface area contributed by atoms with Crippen LogP contribution in [0.25, 0.3) is 0 Å². The van der Waals surface area contributed by atoms with Crippen molar-refractivity contribution < 1.29 is 104 Å². The van der Waals surface area contributed by atoms with Gasteiger partial charge in [-0.15, -0.1) is 0 Å². The Bertz CT molecular complexity index is 2040. The van der Waals surface area contributed by atoms with Crippen molar-refractivity contribution in [1.82, 2.24) is 10.6 Å². The Morgan fingerprint density at radius 3 is 1.44 bits per heavy atom. The van der Waals surface area contributed by atoms with E-state index in [0.29, 0.717) is 19.3 Å². The summed E-state index contributed by atoms with van der Waals surface area (Å²) in [6.45, 7) is 2.23. The van der Waals surface area contributed by atoms with E-state index in [9.17, 15) is 75.7 Å². The third-order valence-corrected chi connectivity index (χ3v) is 19.4. The number of ether oxygens (including phenoxy) is 6. The minimum Gasteiger partial charge on any atom is -0.477 e. The van der Waals surface area contributed by atoms with Crippen LogP contribution in [-0.2, 0) is 42.8 Å². The van der Waals surface area contributed by atoms with Crippen LogP contribution in [0.2, 0.25) is 0 Å². The fraction of sp³-hybridized carbons (Fsp3) is 0.905. The largest absolute Gasteiger partial charge is 0.477 e. The van der Waals surface area contributed by atoms with Crippen molar-refractivity contribution in [3.05, 3.63) is 24.3 Å². The lowest BCUT2D eigenvalue weighted by Crippen LogP contribution is -2.70. The molecule has 23 heteroatoms. The average Bonchev–Trinajstić information content (AvgIpc) is 0.757. The molecule has 2 amide bonds. The predicted octanol–water partition coefficient (Wildman–Crippen LogP) is 8.79. The monoisotopic (exact) mass is 1390 g/mol. The highest BCUT2D eigenvalue weighted by Crippen LogP contribution is 2.39. The first-order valence-electron chi connectivity index (χ1n) is 38.2. The molecule has 23 nitrogen and oxygen atoms in total. The number of carboxylic acid groups (broad SMARTS) is 1. The summed E-state index contributed by atoms with van der Waals surface area (Å²) in [5.74, 6) is -6.11. The molecule has 3 saturated heterocycles. The van der Waals surface area contributed by atoms with Crippen LogP contribution in [-0.4, -0.2) is 215 Å². The number of nitrogens with one attached hydrogen (secondary N) is 2. The smallest absolute Gasteiger partial charge is 0.364 e. The molecule has 3 rings (SSSR count).